The van der Waals surface area contributed by atoms with E-state index >= 15 is 0 Å². The van der Waals surface area contributed by atoms with Gasteiger partial charge >= 0.3 is 5.97 Å². The molecule has 0 fully saturated rings. The fraction of sp³-hybridized carbons (Fsp3) is 0.133. The maximum absolute atomic E-state index is 12.7. The third-order valence-electron chi connectivity index (χ3n) is 2.88. The van der Waals surface area contributed by atoms with Gasteiger partial charge in [0.05, 0.1) is 0 Å². The molecule has 2 N–H and O–H groups in total. The summed E-state index contributed by atoms with van der Waals surface area (Å²) < 4.78 is 26.2. The molecular weight excluding hydrogens is 344 g/mol. The molecule has 0 aliphatic heterocycles. The van der Waals surface area contributed by atoms with Crippen LogP contribution in [0.25, 0.3) is 0 Å². The van der Waals surface area contributed by atoms with E-state index in [0.29, 0.717) is 5.69 Å². The third kappa shape index (κ3) is 4.01. The third-order valence-corrected chi connectivity index (χ3v) is 3.37. The molecule has 2 rings (SSSR count). The number of benzene rings is 2. The molecule has 110 valence electrons. The normalized spacial score (nSPS) is 12.2. The van der Waals surface area contributed by atoms with E-state index < -0.39 is 18.4 Å². The molecule has 0 aliphatic rings. The van der Waals surface area contributed by atoms with E-state index in [1.807, 2.05) is 0 Å². The van der Waals surface area contributed by atoms with Crippen LogP contribution in [0.2, 0.25) is 0 Å². The van der Waals surface area contributed by atoms with Crippen molar-refractivity contribution in [2.75, 3.05) is 5.32 Å². The smallest absolute Gasteiger partial charge is 0.330 e. The molecule has 0 saturated heterocycles. The van der Waals surface area contributed by atoms with Crippen molar-refractivity contribution >= 4 is 27.6 Å². The summed E-state index contributed by atoms with van der Waals surface area (Å²) in [4.78, 5) is 11.4. The summed E-state index contributed by atoms with van der Waals surface area (Å²) in [7, 11) is 0. The molecule has 0 bridgehead atoms. The highest BCUT2D eigenvalue weighted by molar-refractivity contribution is 9.10. The minimum atomic E-state index is -2.63. The Kier molecular flexibility index (Phi) is 4.90. The molecule has 0 aliphatic carbocycles. The molecule has 3 nitrogen and oxygen atoms in total. The van der Waals surface area contributed by atoms with Crippen LogP contribution in [0.4, 0.5) is 14.5 Å². The summed E-state index contributed by atoms with van der Waals surface area (Å²) in [6.45, 7) is 0. The number of carboxylic acid groups (broad SMARTS) is 1. The monoisotopic (exact) mass is 355 g/mol. The fourth-order valence-electron chi connectivity index (χ4n) is 1.91. The number of hydrogen-bond acceptors (Lipinski definition) is 2. The molecule has 21 heavy (non-hydrogen) atoms. The van der Waals surface area contributed by atoms with Crippen LogP contribution >= 0.6 is 15.9 Å². The van der Waals surface area contributed by atoms with E-state index in [2.05, 4.69) is 21.2 Å². The van der Waals surface area contributed by atoms with Crippen LogP contribution in [-0.4, -0.2) is 11.1 Å². The molecule has 6 heteroatoms. The van der Waals surface area contributed by atoms with Gasteiger partial charge in [0.1, 0.15) is 0 Å². The number of nitrogens with one attached hydrogen (secondary N) is 1. The van der Waals surface area contributed by atoms with Gasteiger partial charge in [0.25, 0.3) is 6.43 Å². The molecule has 0 aromatic heterocycles. The van der Waals surface area contributed by atoms with E-state index in [1.165, 1.54) is 24.3 Å². The number of alkyl halides is 2. The molecule has 1 atom stereocenters. The minimum absolute atomic E-state index is 0.199. The summed E-state index contributed by atoms with van der Waals surface area (Å²) in [6.07, 6.45) is -2.63. The second-order valence-electron chi connectivity index (χ2n) is 4.40. The lowest BCUT2D eigenvalue weighted by Gasteiger charge is -2.17. The summed E-state index contributed by atoms with van der Waals surface area (Å²) in [5.41, 5.74) is 0.661. The van der Waals surface area contributed by atoms with E-state index in [4.69, 9.17) is 0 Å². The van der Waals surface area contributed by atoms with Gasteiger partial charge in [-0.15, -0.1) is 0 Å². The SMILES string of the molecule is O=C(O)C(Nc1cccc(Br)c1)c1cccc(C(F)F)c1. The molecule has 0 saturated carbocycles. The van der Waals surface area contributed by atoms with Crippen LogP contribution in [0.1, 0.15) is 23.6 Å². The highest BCUT2D eigenvalue weighted by Gasteiger charge is 2.21. The standard InChI is InChI=1S/C15H12BrF2NO2/c16-11-5-2-6-12(8-11)19-13(15(20)21)9-3-1-4-10(7-9)14(17)18/h1-8,13-14,19H,(H,20,21). The average Bonchev–Trinajstić information content (AvgIpc) is 2.44. The van der Waals surface area contributed by atoms with E-state index in [-0.39, 0.29) is 11.1 Å². The summed E-state index contributed by atoms with van der Waals surface area (Å²) >= 11 is 3.29. The molecule has 0 amide bonds. The number of aliphatic carboxylic acids is 1. The Balaban J connectivity index is 2.31. The lowest BCUT2D eigenvalue weighted by atomic mass is 10.0. The van der Waals surface area contributed by atoms with E-state index in [0.717, 1.165) is 4.47 Å². The van der Waals surface area contributed by atoms with Gasteiger partial charge in [-0.25, -0.2) is 13.6 Å². The number of rotatable bonds is 5. The quantitative estimate of drug-likeness (QED) is 0.822. The molecule has 1 unspecified atom stereocenters. The Morgan fingerprint density at radius 1 is 1.10 bits per heavy atom. The van der Waals surface area contributed by atoms with Crippen LogP contribution in [0.3, 0.4) is 0 Å². The van der Waals surface area contributed by atoms with Gasteiger partial charge in [-0.3, -0.25) is 0 Å². The maximum Gasteiger partial charge on any atom is 0.330 e. The zero-order chi connectivity index (χ0) is 15.4. The van der Waals surface area contributed by atoms with Gasteiger partial charge in [0.15, 0.2) is 6.04 Å². The van der Waals surface area contributed by atoms with Gasteiger partial charge in [-0.2, -0.15) is 0 Å². The number of hydrogen-bond donors (Lipinski definition) is 2. The van der Waals surface area contributed by atoms with Gasteiger partial charge in [-0.05, 0) is 29.8 Å². The Morgan fingerprint density at radius 3 is 2.38 bits per heavy atom. The van der Waals surface area contributed by atoms with Crippen molar-refractivity contribution in [1.29, 1.82) is 0 Å². The Bertz CT molecular complexity index is 649. The second-order valence-corrected chi connectivity index (χ2v) is 5.31. The second kappa shape index (κ2) is 6.67. The lowest BCUT2D eigenvalue weighted by Crippen LogP contribution is -2.20. The largest absolute Gasteiger partial charge is 0.479 e. The van der Waals surface area contributed by atoms with Gasteiger partial charge in [-0.1, -0.05) is 40.2 Å². The van der Waals surface area contributed by atoms with Crippen LogP contribution in [-0.2, 0) is 4.79 Å². The van der Waals surface area contributed by atoms with Crippen molar-refractivity contribution < 1.29 is 18.7 Å². The maximum atomic E-state index is 12.7. The van der Waals surface area contributed by atoms with E-state index in [9.17, 15) is 18.7 Å². The van der Waals surface area contributed by atoms with Gasteiger partial charge in [0, 0.05) is 15.7 Å². The zero-order valence-electron chi connectivity index (χ0n) is 10.8. The number of halogens is 3. The van der Waals surface area contributed by atoms with Crippen LogP contribution < -0.4 is 5.32 Å². The summed E-state index contributed by atoms with van der Waals surface area (Å²) in [6, 6.07) is 11.3. The Hall–Kier alpha value is -1.95. The first-order valence-corrected chi connectivity index (χ1v) is 6.89. The highest BCUT2D eigenvalue weighted by Crippen LogP contribution is 2.26. The molecule has 0 spiro atoms. The Labute approximate surface area is 128 Å². The van der Waals surface area contributed by atoms with Crippen molar-refractivity contribution in [3.05, 3.63) is 64.1 Å². The van der Waals surface area contributed by atoms with Gasteiger partial charge < -0.3 is 10.4 Å². The van der Waals surface area contributed by atoms with E-state index in [1.54, 1.807) is 24.3 Å². The molecular formula is C15H12BrF2NO2. The zero-order valence-corrected chi connectivity index (χ0v) is 12.3. The summed E-state index contributed by atoms with van der Waals surface area (Å²) in [5.74, 6) is -1.14. The van der Waals surface area contributed by atoms with Crippen molar-refractivity contribution in [2.45, 2.75) is 12.5 Å². The topological polar surface area (TPSA) is 49.3 Å². The number of anilines is 1. The van der Waals surface area contributed by atoms with Crippen molar-refractivity contribution in [3.8, 4) is 0 Å². The highest BCUT2D eigenvalue weighted by atomic mass is 79.9. The van der Waals surface area contributed by atoms with Crippen LogP contribution in [0.15, 0.2) is 53.0 Å². The van der Waals surface area contributed by atoms with Crippen LogP contribution in [0.5, 0.6) is 0 Å². The first kappa shape index (κ1) is 15.4. The van der Waals surface area contributed by atoms with Crippen LogP contribution in [0, 0.1) is 0 Å². The van der Waals surface area contributed by atoms with Gasteiger partial charge in [0.2, 0.25) is 0 Å². The number of carboxylic acids is 1. The summed E-state index contributed by atoms with van der Waals surface area (Å²) in [5, 5.41) is 12.2. The minimum Gasteiger partial charge on any atom is -0.479 e. The Morgan fingerprint density at radius 2 is 1.76 bits per heavy atom. The predicted molar refractivity (Wildman–Crippen MR) is 79.5 cm³/mol. The average molecular weight is 356 g/mol. The first-order chi connectivity index (χ1) is 9.97. The lowest BCUT2D eigenvalue weighted by molar-refractivity contribution is -0.138. The number of carbonyl (C=O) groups is 1. The van der Waals surface area contributed by atoms with Crippen molar-refractivity contribution in [1.82, 2.24) is 0 Å². The van der Waals surface area contributed by atoms with Crippen molar-refractivity contribution in [2.24, 2.45) is 0 Å². The molecule has 0 heterocycles. The first-order valence-electron chi connectivity index (χ1n) is 6.10. The molecule has 2 aromatic carbocycles. The predicted octanol–water partition coefficient (Wildman–Crippen LogP) is 4.62. The molecule has 2 aromatic rings. The van der Waals surface area contributed by atoms with Crippen molar-refractivity contribution in [3.63, 3.8) is 0 Å². The molecule has 0 radical (unpaired) electrons. The fourth-order valence-corrected chi connectivity index (χ4v) is 2.31.